The van der Waals surface area contributed by atoms with Crippen LogP contribution < -0.4 is 0 Å². The molecule has 1 heterocycles. The molecule has 0 radical (unpaired) electrons. The highest BCUT2D eigenvalue weighted by atomic mass is 14.7. The van der Waals surface area contributed by atoms with Gasteiger partial charge in [-0.05, 0) is 50.5 Å². The summed E-state index contributed by atoms with van der Waals surface area (Å²) in [6.07, 6.45) is 5.62. The third kappa shape index (κ3) is 3.66. The highest BCUT2D eigenvalue weighted by molar-refractivity contribution is 5.89. The smallest absolute Gasteiger partial charge is 0.0300 e. The molecular weight excluding hydrogens is 220 g/mol. The van der Waals surface area contributed by atoms with Crippen LogP contribution in [0.2, 0.25) is 0 Å². The van der Waals surface area contributed by atoms with E-state index in [9.17, 15) is 0 Å². The summed E-state index contributed by atoms with van der Waals surface area (Å²) >= 11 is 0. The summed E-state index contributed by atoms with van der Waals surface area (Å²) in [4.78, 5) is 8.66. The zero-order chi connectivity index (χ0) is 13.7. The number of hydrogen-bond acceptors (Lipinski definition) is 2. The molecule has 0 aliphatic heterocycles. The molecule has 0 amide bonds. The molecular formula is C16H22N2. The van der Waals surface area contributed by atoms with Gasteiger partial charge in [-0.15, -0.1) is 0 Å². The van der Waals surface area contributed by atoms with E-state index in [2.05, 4.69) is 43.4 Å². The second kappa shape index (κ2) is 6.29. The van der Waals surface area contributed by atoms with Crippen molar-refractivity contribution in [1.82, 2.24) is 4.98 Å². The Morgan fingerprint density at radius 3 is 2.61 bits per heavy atom. The minimum atomic E-state index is 0.308. The van der Waals surface area contributed by atoms with Crippen molar-refractivity contribution >= 4 is 5.71 Å². The monoisotopic (exact) mass is 242 g/mol. The Kier molecular flexibility index (Phi) is 5.02. The molecule has 0 aliphatic rings. The normalized spacial score (nSPS) is 14.5. The van der Waals surface area contributed by atoms with Gasteiger partial charge in [-0.3, -0.25) is 9.98 Å². The van der Waals surface area contributed by atoms with E-state index in [0.717, 1.165) is 16.9 Å². The zero-order valence-electron chi connectivity index (χ0n) is 12.0. The van der Waals surface area contributed by atoms with Gasteiger partial charge in [0.25, 0.3) is 0 Å². The Labute approximate surface area is 110 Å². The van der Waals surface area contributed by atoms with Gasteiger partial charge >= 0.3 is 0 Å². The summed E-state index contributed by atoms with van der Waals surface area (Å²) in [6.45, 7) is 14.2. The summed E-state index contributed by atoms with van der Waals surface area (Å²) in [7, 11) is 0. The van der Waals surface area contributed by atoms with Crippen molar-refractivity contribution in [3.8, 4) is 0 Å². The number of pyridine rings is 1. The molecule has 0 saturated carbocycles. The topological polar surface area (TPSA) is 25.2 Å². The van der Waals surface area contributed by atoms with Gasteiger partial charge in [-0.2, -0.15) is 0 Å². The Balaban J connectivity index is 2.95. The maximum atomic E-state index is 4.54. The quantitative estimate of drug-likeness (QED) is 0.566. The molecule has 96 valence electrons. The Morgan fingerprint density at radius 2 is 2.06 bits per heavy atom. The number of nitrogens with zero attached hydrogens (tertiary/aromatic N) is 2. The summed E-state index contributed by atoms with van der Waals surface area (Å²) in [5.74, 6) is 0.308. The first-order valence-electron chi connectivity index (χ1n) is 6.21. The first kappa shape index (κ1) is 14.4. The number of rotatable bonds is 4. The van der Waals surface area contributed by atoms with Gasteiger partial charge in [0.05, 0.1) is 0 Å². The molecule has 1 rings (SSSR count). The molecule has 1 unspecified atom stereocenters. The fourth-order valence-corrected chi connectivity index (χ4v) is 1.62. The van der Waals surface area contributed by atoms with E-state index in [1.54, 1.807) is 0 Å². The van der Waals surface area contributed by atoms with Crippen LogP contribution in [0, 0.1) is 6.92 Å². The Hall–Kier alpha value is -1.70. The van der Waals surface area contributed by atoms with E-state index < -0.39 is 0 Å². The van der Waals surface area contributed by atoms with Crippen molar-refractivity contribution in [2.24, 2.45) is 4.99 Å². The van der Waals surface area contributed by atoms with E-state index in [-0.39, 0.29) is 0 Å². The maximum absolute atomic E-state index is 4.54. The summed E-state index contributed by atoms with van der Waals surface area (Å²) in [6, 6.07) is 2.06. The number of aryl methyl sites for hydroxylation is 1. The van der Waals surface area contributed by atoms with Crippen LogP contribution in [0.25, 0.3) is 0 Å². The molecule has 0 aromatic carbocycles. The van der Waals surface area contributed by atoms with E-state index in [4.69, 9.17) is 0 Å². The summed E-state index contributed by atoms with van der Waals surface area (Å²) in [5.41, 5.74) is 5.77. The number of aromatic nitrogens is 1. The Bertz CT molecular complexity index is 496. The standard InChI is InChI=1S/C16H22N2/c1-11(2)12(3)10-18-15(6)14(5)16-7-8-17-9-13(16)4/h7-10,14H,1H2,2-6H3/b12-10-,18-15?. The molecule has 18 heavy (non-hydrogen) atoms. The average molecular weight is 242 g/mol. The third-order valence-corrected chi connectivity index (χ3v) is 3.29. The van der Waals surface area contributed by atoms with E-state index in [1.807, 2.05) is 32.4 Å². The van der Waals surface area contributed by atoms with Gasteiger partial charge in [-0.1, -0.05) is 19.1 Å². The van der Waals surface area contributed by atoms with Gasteiger partial charge in [0.15, 0.2) is 0 Å². The van der Waals surface area contributed by atoms with Gasteiger partial charge in [-0.25, -0.2) is 0 Å². The van der Waals surface area contributed by atoms with Crippen molar-refractivity contribution in [1.29, 1.82) is 0 Å². The first-order valence-corrected chi connectivity index (χ1v) is 6.21. The molecule has 1 atom stereocenters. The molecule has 0 N–H and O–H groups in total. The third-order valence-electron chi connectivity index (χ3n) is 3.29. The summed E-state index contributed by atoms with van der Waals surface area (Å²) in [5, 5.41) is 0. The van der Waals surface area contributed by atoms with Crippen LogP contribution in [0.1, 0.15) is 44.7 Å². The van der Waals surface area contributed by atoms with Crippen LogP contribution in [-0.4, -0.2) is 10.7 Å². The molecule has 0 saturated heterocycles. The van der Waals surface area contributed by atoms with Crippen molar-refractivity contribution in [2.75, 3.05) is 0 Å². The molecule has 0 aliphatic carbocycles. The fourth-order valence-electron chi connectivity index (χ4n) is 1.62. The largest absolute Gasteiger partial charge is 0.265 e. The molecule has 1 aromatic heterocycles. The van der Waals surface area contributed by atoms with Crippen molar-refractivity contribution in [2.45, 2.75) is 40.5 Å². The number of hydrogen-bond donors (Lipinski definition) is 0. The van der Waals surface area contributed by atoms with Crippen LogP contribution in [0.5, 0.6) is 0 Å². The second-order valence-electron chi connectivity index (χ2n) is 4.82. The molecule has 0 fully saturated rings. The lowest BCUT2D eigenvalue weighted by Crippen LogP contribution is -2.06. The number of allylic oxidation sites excluding steroid dienone is 2. The van der Waals surface area contributed by atoms with Gasteiger partial charge < -0.3 is 0 Å². The lowest BCUT2D eigenvalue weighted by Gasteiger charge is -2.13. The van der Waals surface area contributed by atoms with Crippen LogP contribution in [0.15, 0.2) is 47.4 Å². The number of aliphatic imine (C=N–C) groups is 1. The van der Waals surface area contributed by atoms with Crippen molar-refractivity contribution < 1.29 is 0 Å². The predicted molar refractivity (Wildman–Crippen MR) is 79.1 cm³/mol. The molecule has 0 spiro atoms. The van der Waals surface area contributed by atoms with Crippen LogP contribution in [-0.2, 0) is 0 Å². The van der Waals surface area contributed by atoms with Gasteiger partial charge in [0.1, 0.15) is 0 Å². The molecule has 0 bridgehead atoms. The van der Waals surface area contributed by atoms with Crippen LogP contribution >= 0.6 is 0 Å². The van der Waals surface area contributed by atoms with Gasteiger partial charge in [0.2, 0.25) is 0 Å². The lowest BCUT2D eigenvalue weighted by atomic mass is 9.94. The van der Waals surface area contributed by atoms with Crippen LogP contribution in [0.4, 0.5) is 0 Å². The van der Waals surface area contributed by atoms with E-state index >= 15 is 0 Å². The van der Waals surface area contributed by atoms with Crippen molar-refractivity contribution in [3.63, 3.8) is 0 Å². The van der Waals surface area contributed by atoms with Crippen LogP contribution in [0.3, 0.4) is 0 Å². The highest BCUT2D eigenvalue weighted by Crippen LogP contribution is 2.20. The lowest BCUT2D eigenvalue weighted by molar-refractivity contribution is 0.980. The highest BCUT2D eigenvalue weighted by Gasteiger charge is 2.10. The molecule has 2 nitrogen and oxygen atoms in total. The Morgan fingerprint density at radius 1 is 1.39 bits per heavy atom. The minimum absolute atomic E-state index is 0.308. The first-order chi connectivity index (χ1) is 8.43. The van der Waals surface area contributed by atoms with E-state index in [1.165, 1.54) is 11.1 Å². The van der Waals surface area contributed by atoms with E-state index in [0.29, 0.717) is 5.92 Å². The second-order valence-corrected chi connectivity index (χ2v) is 4.82. The maximum Gasteiger partial charge on any atom is 0.0300 e. The van der Waals surface area contributed by atoms with Gasteiger partial charge in [0, 0.05) is 30.2 Å². The van der Waals surface area contributed by atoms with Crippen molar-refractivity contribution in [3.05, 3.63) is 53.5 Å². The minimum Gasteiger partial charge on any atom is -0.265 e. The molecule has 2 heteroatoms. The average Bonchev–Trinajstić information content (AvgIpc) is 2.35. The SMILES string of the molecule is C=C(C)/C(C)=C\N=C(C)C(C)c1ccncc1C. The zero-order valence-corrected chi connectivity index (χ0v) is 12.0. The summed E-state index contributed by atoms with van der Waals surface area (Å²) < 4.78 is 0. The molecule has 1 aromatic rings. The fraction of sp³-hybridized carbons (Fsp3) is 0.375. The predicted octanol–water partition coefficient (Wildman–Crippen LogP) is 4.43.